The van der Waals surface area contributed by atoms with E-state index in [2.05, 4.69) is 116 Å². The number of aryl methyl sites for hydroxylation is 4. The summed E-state index contributed by atoms with van der Waals surface area (Å²) in [5.41, 5.74) is 13.1. The van der Waals surface area contributed by atoms with E-state index in [1.54, 1.807) is 6.07 Å². The highest BCUT2D eigenvalue weighted by Gasteiger charge is 2.32. The van der Waals surface area contributed by atoms with Crippen LogP contribution < -0.4 is 0 Å². The van der Waals surface area contributed by atoms with Crippen LogP contribution in [0.4, 0.5) is 18.9 Å². The zero-order valence-corrected chi connectivity index (χ0v) is 34.4. The van der Waals surface area contributed by atoms with Crippen LogP contribution in [0.3, 0.4) is 0 Å². The van der Waals surface area contributed by atoms with Crippen LogP contribution in [0.15, 0.2) is 152 Å². The van der Waals surface area contributed by atoms with E-state index >= 15 is 0 Å². The highest BCUT2D eigenvalue weighted by molar-refractivity contribution is 6.13. The van der Waals surface area contributed by atoms with Crippen LogP contribution in [0, 0.1) is 45.6 Å². The van der Waals surface area contributed by atoms with E-state index in [9.17, 15) is 18.4 Å². The van der Waals surface area contributed by atoms with Crippen LogP contribution in [0.5, 0.6) is 0 Å². The van der Waals surface area contributed by atoms with Gasteiger partial charge in [0, 0.05) is 32.7 Å². The molecule has 0 radical (unpaired) electrons. The smallest absolute Gasteiger partial charge is 0.308 e. The number of nitrogens with zero attached hydrogens (tertiary/aromatic N) is 4. The number of benzene rings is 8. The molecule has 2 aromatic heterocycles. The van der Waals surface area contributed by atoms with Gasteiger partial charge < -0.3 is 9.13 Å². The molecule has 0 aliphatic rings. The lowest BCUT2D eigenvalue weighted by atomic mass is 9.95. The molecule has 0 bridgehead atoms. The van der Waals surface area contributed by atoms with Crippen molar-refractivity contribution in [3.63, 3.8) is 0 Å². The van der Waals surface area contributed by atoms with E-state index in [4.69, 9.17) is 6.57 Å². The molecule has 0 spiro atoms. The van der Waals surface area contributed by atoms with Crippen LogP contribution in [0.2, 0.25) is 0 Å². The number of fused-ring (bicyclic) bond motifs is 6. The number of nitriles is 1. The monoisotopic (exact) mass is 810 g/mol. The number of halogens is 3. The van der Waals surface area contributed by atoms with Crippen molar-refractivity contribution in [2.24, 2.45) is 0 Å². The predicted octanol–water partition coefficient (Wildman–Crippen LogP) is 15.6. The van der Waals surface area contributed by atoms with Gasteiger partial charge in [0.05, 0.1) is 40.0 Å². The molecular formula is C55H37F3N4. The maximum Gasteiger partial charge on any atom is 0.415 e. The second kappa shape index (κ2) is 14.4. The van der Waals surface area contributed by atoms with Gasteiger partial charge in [0.15, 0.2) is 5.69 Å². The van der Waals surface area contributed by atoms with Crippen LogP contribution >= 0.6 is 0 Å². The van der Waals surface area contributed by atoms with Crippen LogP contribution in [-0.2, 0) is 6.18 Å². The van der Waals surface area contributed by atoms with Crippen molar-refractivity contribution in [1.29, 1.82) is 5.26 Å². The molecule has 0 N–H and O–H groups in total. The molecule has 0 fully saturated rings. The largest absolute Gasteiger partial charge is 0.415 e. The van der Waals surface area contributed by atoms with E-state index in [-0.39, 0.29) is 16.8 Å². The lowest BCUT2D eigenvalue weighted by Gasteiger charge is -2.21. The normalized spacial score (nSPS) is 11.8. The van der Waals surface area contributed by atoms with Gasteiger partial charge in [-0.25, -0.2) is 4.85 Å². The molecule has 0 saturated heterocycles. The SMILES string of the molecule is [C-]#[N+]c1cc(-c2ccc(-n3c4ccccc4c4cc(-c5ccc(C)cc5C)ccc43)c(C#N)c2-n2c3ccccc3c3cc(-c4ccc(C)cc4C)ccc32)cc(C(F)(F)F)c1. The van der Waals surface area contributed by atoms with Crippen molar-refractivity contribution in [2.75, 3.05) is 0 Å². The Bertz CT molecular complexity index is 3590. The quantitative estimate of drug-likeness (QED) is 0.160. The van der Waals surface area contributed by atoms with Crippen molar-refractivity contribution < 1.29 is 13.2 Å². The Balaban J connectivity index is 1.31. The maximum absolute atomic E-state index is 14.5. The van der Waals surface area contributed by atoms with Crippen LogP contribution in [-0.4, -0.2) is 9.13 Å². The molecule has 0 aliphatic heterocycles. The summed E-state index contributed by atoms with van der Waals surface area (Å²) in [6, 6.07) is 51.1. The molecular weight excluding hydrogens is 774 g/mol. The van der Waals surface area contributed by atoms with Gasteiger partial charge in [-0.1, -0.05) is 102 Å². The number of aromatic nitrogens is 2. The predicted molar refractivity (Wildman–Crippen MR) is 246 cm³/mol. The van der Waals surface area contributed by atoms with Gasteiger partial charge in [0.1, 0.15) is 11.6 Å². The molecule has 8 aromatic carbocycles. The van der Waals surface area contributed by atoms with Gasteiger partial charge in [-0.05, 0) is 127 Å². The molecule has 0 atom stereocenters. The van der Waals surface area contributed by atoms with E-state index in [0.29, 0.717) is 16.9 Å². The lowest BCUT2D eigenvalue weighted by molar-refractivity contribution is -0.137. The fourth-order valence-corrected chi connectivity index (χ4v) is 9.39. The van der Waals surface area contributed by atoms with Crippen LogP contribution in [0.1, 0.15) is 33.4 Å². The number of rotatable bonds is 5. The number of alkyl halides is 3. The first-order valence-corrected chi connectivity index (χ1v) is 20.3. The van der Waals surface area contributed by atoms with Crippen LogP contribution in [0.25, 0.3) is 93.2 Å². The minimum absolute atomic E-state index is 0.147. The lowest BCUT2D eigenvalue weighted by Crippen LogP contribution is -2.08. The molecule has 7 heteroatoms. The van der Waals surface area contributed by atoms with Gasteiger partial charge in [-0.2, -0.15) is 18.4 Å². The molecule has 0 saturated carbocycles. The minimum Gasteiger partial charge on any atom is -0.308 e. The molecule has 2 heterocycles. The number of hydrogen-bond acceptors (Lipinski definition) is 1. The van der Waals surface area contributed by atoms with E-state index in [1.807, 2.05) is 59.2 Å². The second-order valence-electron chi connectivity index (χ2n) is 16.2. The van der Waals surface area contributed by atoms with Gasteiger partial charge in [0.25, 0.3) is 0 Å². The zero-order valence-electron chi connectivity index (χ0n) is 34.4. The molecule has 0 aliphatic carbocycles. The highest BCUT2D eigenvalue weighted by atomic mass is 19.4. The topological polar surface area (TPSA) is 38.0 Å². The summed E-state index contributed by atoms with van der Waals surface area (Å²) >= 11 is 0. The molecule has 62 heavy (non-hydrogen) atoms. The third-order valence-corrected chi connectivity index (χ3v) is 12.1. The van der Waals surface area contributed by atoms with Gasteiger partial charge in [0.2, 0.25) is 0 Å². The highest BCUT2D eigenvalue weighted by Crippen LogP contribution is 2.45. The van der Waals surface area contributed by atoms with E-state index in [0.717, 1.165) is 83.6 Å². The first kappa shape index (κ1) is 38.3. The Kier molecular flexibility index (Phi) is 8.91. The van der Waals surface area contributed by atoms with Gasteiger partial charge in [-0.3, -0.25) is 0 Å². The third-order valence-electron chi connectivity index (χ3n) is 12.1. The summed E-state index contributed by atoms with van der Waals surface area (Å²) in [4.78, 5) is 3.46. The Morgan fingerprint density at radius 2 is 1.03 bits per heavy atom. The van der Waals surface area contributed by atoms with Crippen molar-refractivity contribution >= 4 is 49.3 Å². The van der Waals surface area contributed by atoms with Crippen molar-refractivity contribution in [3.8, 4) is 50.8 Å². The fourth-order valence-electron chi connectivity index (χ4n) is 9.39. The summed E-state index contributed by atoms with van der Waals surface area (Å²) in [6.07, 6.45) is -4.70. The fraction of sp³-hybridized carbons (Fsp3) is 0.0909. The molecule has 10 aromatic rings. The Hall–Kier alpha value is -7.87. The molecule has 298 valence electrons. The molecule has 10 rings (SSSR count). The van der Waals surface area contributed by atoms with Crippen molar-refractivity contribution in [3.05, 3.63) is 196 Å². The number of hydrogen-bond donors (Lipinski definition) is 0. The summed E-state index contributed by atoms with van der Waals surface area (Å²) in [7, 11) is 0. The molecule has 0 amide bonds. The summed E-state index contributed by atoms with van der Waals surface area (Å²) in [5.74, 6) is 0. The Morgan fingerprint density at radius 3 is 1.56 bits per heavy atom. The maximum atomic E-state index is 14.5. The molecule has 0 unspecified atom stereocenters. The summed E-state index contributed by atoms with van der Waals surface area (Å²) in [5, 5.41) is 15.4. The van der Waals surface area contributed by atoms with Gasteiger partial charge >= 0.3 is 6.18 Å². The Morgan fingerprint density at radius 1 is 0.516 bits per heavy atom. The second-order valence-corrected chi connectivity index (χ2v) is 16.2. The number of para-hydroxylation sites is 2. The van der Waals surface area contributed by atoms with Crippen molar-refractivity contribution in [2.45, 2.75) is 33.9 Å². The van der Waals surface area contributed by atoms with Gasteiger partial charge in [-0.15, -0.1) is 0 Å². The average Bonchev–Trinajstić information content (AvgIpc) is 3.77. The summed E-state index contributed by atoms with van der Waals surface area (Å²) < 4.78 is 47.7. The molecule has 4 nitrogen and oxygen atoms in total. The zero-order chi connectivity index (χ0) is 43.0. The van der Waals surface area contributed by atoms with E-state index in [1.165, 1.54) is 22.8 Å². The first-order valence-electron chi connectivity index (χ1n) is 20.3. The van der Waals surface area contributed by atoms with Crippen molar-refractivity contribution in [1.82, 2.24) is 9.13 Å². The van der Waals surface area contributed by atoms with E-state index < -0.39 is 11.7 Å². The standard InChI is InChI=1S/C55H37F3N4/c1-32-14-18-41(34(3)24-32)36-16-21-51-46(28-36)44-10-6-8-12-49(44)61(51)53-23-20-43(38-26-39(55(56,57)58)30-40(27-38)60-5)54(48(53)31-59)62-50-13-9-7-11-45(50)47-29-37(17-22-52(47)62)42-19-15-33(2)25-35(42)4/h6-30H,1-4H3. The summed E-state index contributed by atoms with van der Waals surface area (Å²) in [6.45, 7) is 16.1. The minimum atomic E-state index is -4.70. The third kappa shape index (κ3) is 6.13. The first-order chi connectivity index (χ1) is 29.9. The Labute approximate surface area is 356 Å². The average molecular weight is 811 g/mol.